The van der Waals surface area contributed by atoms with E-state index in [-0.39, 0.29) is 5.56 Å². The highest BCUT2D eigenvalue weighted by molar-refractivity contribution is 14.1. The summed E-state index contributed by atoms with van der Waals surface area (Å²) < 4.78 is 2.15. The Morgan fingerprint density at radius 1 is 1.45 bits per heavy atom. The molecule has 0 saturated carbocycles. The van der Waals surface area contributed by atoms with Crippen molar-refractivity contribution < 1.29 is 0 Å². The largest absolute Gasteiger partial charge is 0.370 e. The number of aromatic nitrogens is 3. The zero-order valence-electron chi connectivity index (χ0n) is 11.2. The van der Waals surface area contributed by atoms with E-state index in [0.29, 0.717) is 26.7 Å². The van der Waals surface area contributed by atoms with Crippen LogP contribution in [-0.4, -0.2) is 21.1 Å². The molecule has 2 rings (SSSR count). The van der Waals surface area contributed by atoms with Gasteiger partial charge in [0.25, 0.3) is 5.56 Å². The number of hydrogen-bond acceptors (Lipinski definition) is 4. The van der Waals surface area contributed by atoms with Crippen molar-refractivity contribution in [3.8, 4) is 0 Å². The monoisotopic (exact) mass is 404 g/mol. The summed E-state index contributed by atoms with van der Waals surface area (Å²) in [5.41, 5.74) is 0.573. The minimum absolute atomic E-state index is 0.0789. The summed E-state index contributed by atoms with van der Waals surface area (Å²) in [6.45, 7) is 4.87. The van der Waals surface area contributed by atoms with E-state index >= 15 is 0 Å². The van der Waals surface area contributed by atoms with Crippen LogP contribution in [0.4, 0.5) is 5.82 Å². The Balaban J connectivity index is 2.42. The van der Waals surface area contributed by atoms with Gasteiger partial charge in [0, 0.05) is 12.7 Å². The maximum atomic E-state index is 12.1. The van der Waals surface area contributed by atoms with Gasteiger partial charge in [-0.2, -0.15) is 0 Å². The number of nitrogens with one attached hydrogen (secondary N) is 1. The predicted octanol–water partition coefficient (Wildman–Crippen LogP) is 2.68. The third-order valence-corrected chi connectivity index (χ3v) is 3.87. The smallest absolute Gasteiger partial charge is 0.267 e. The summed E-state index contributed by atoms with van der Waals surface area (Å²) in [5, 5.41) is 3.67. The first-order valence-corrected chi connectivity index (χ1v) is 7.59. The van der Waals surface area contributed by atoms with Crippen molar-refractivity contribution in [2.45, 2.75) is 20.4 Å². The SMILES string of the molecule is CCNc1ccc(Cl)c(Cn2c(C)ncc(I)c2=O)n1. The molecule has 0 atom stereocenters. The second kappa shape index (κ2) is 6.53. The zero-order chi connectivity index (χ0) is 14.7. The van der Waals surface area contributed by atoms with Crippen LogP contribution in [0.15, 0.2) is 23.1 Å². The second-order valence-corrected chi connectivity index (χ2v) is 5.77. The third kappa shape index (κ3) is 3.29. The molecule has 0 bridgehead atoms. The van der Waals surface area contributed by atoms with Gasteiger partial charge in [-0.25, -0.2) is 9.97 Å². The highest BCUT2D eigenvalue weighted by atomic mass is 127. The van der Waals surface area contributed by atoms with Crippen molar-refractivity contribution in [1.82, 2.24) is 14.5 Å². The quantitative estimate of drug-likeness (QED) is 0.796. The van der Waals surface area contributed by atoms with Crippen LogP contribution in [0.5, 0.6) is 0 Å². The van der Waals surface area contributed by atoms with Gasteiger partial charge in [0.2, 0.25) is 0 Å². The van der Waals surface area contributed by atoms with Gasteiger partial charge in [-0.15, -0.1) is 0 Å². The van der Waals surface area contributed by atoms with Gasteiger partial charge in [0.15, 0.2) is 0 Å². The molecule has 0 spiro atoms. The number of pyridine rings is 1. The topological polar surface area (TPSA) is 59.8 Å². The first-order chi connectivity index (χ1) is 9.52. The molecule has 0 aliphatic heterocycles. The van der Waals surface area contributed by atoms with Crippen molar-refractivity contribution in [2.24, 2.45) is 0 Å². The number of aryl methyl sites for hydroxylation is 1. The maximum Gasteiger partial charge on any atom is 0.267 e. The van der Waals surface area contributed by atoms with Crippen molar-refractivity contribution >= 4 is 40.0 Å². The summed E-state index contributed by atoms with van der Waals surface area (Å²) in [6.07, 6.45) is 1.57. The van der Waals surface area contributed by atoms with Crippen LogP contribution in [0.3, 0.4) is 0 Å². The van der Waals surface area contributed by atoms with Gasteiger partial charge in [-0.05, 0) is 48.6 Å². The van der Waals surface area contributed by atoms with Gasteiger partial charge in [-0.1, -0.05) is 11.6 Å². The Morgan fingerprint density at radius 3 is 2.90 bits per heavy atom. The van der Waals surface area contributed by atoms with Crippen LogP contribution in [0.2, 0.25) is 5.02 Å². The summed E-state index contributed by atoms with van der Waals surface area (Å²) >= 11 is 8.14. The highest BCUT2D eigenvalue weighted by Crippen LogP contribution is 2.17. The fourth-order valence-electron chi connectivity index (χ4n) is 1.76. The molecular formula is C13H14ClIN4O. The fourth-order valence-corrected chi connectivity index (χ4v) is 2.36. The molecule has 0 aliphatic rings. The molecule has 0 fully saturated rings. The van der Waals surface area contributed by atoms with Crippen molar-refractivity contribution in [2.75, 3.05) is 11.9 Å². The number of halogens is 2. The number of rotatable bonds is 4. The molecule has 0 aliphatic carbocycles. The number of nitrogens with zero attached hydrogens (tertiary/aromatic N) is 3. The molecule has 2 aromatic heterocycles. The molecule has 0 radical (unpaired) electrons. The number of hydrogen-bond donors (Lipinski definition) is 1. The van der Waals surface area contributed by atoms with Gasteiger partial charge in [0.05, 0.1) is 20.8 Å². The average molecular weight is 405 g/mol. The van der Waals surface area contributed by atoms with E-state index < -0.39 is 0 Å². The first-order valence-electron chi connectivity index (χ1n) is 6.14. The Hall–Kier alpha value is -1.15. The van der Waals surface area contributed by atoms with E-state index in [1.54, 1.807) is 23.8 Å². The van der Waals surface area contributed by atoms with Gasteiger partial charge < -0.3 is 5.32 Å². The normalized spacial score (nSPS) is 10.6. The molecule has 0 saturated heterocycles. The van der Waals surface area contributed by atoms with Crippen LogP contribution in [0, 0.1) is 10.5 Å². The van der Waals surface area contributed by atoms with Crippen LogP contribution in [0.1, 0.15) is 18.4 Å². The van der Waals surface area contributed by atoms with E-state index in [4.69, 9.17) is 11.6 Å². The lowest BCUT2D eigenvalue weighted by atomic mass is 10.3. The van der Waals surface area contributed by atoms with Crippen molar-refractivity contribution in [3.05, 3.63) is 48.8 Å². The fraction of sp³-hybridized carbons (Fsp3) is 0.308. The van der Waals surface area contributed by atoms with E-state index in [1.165, 1.54) is 0 Å². The lowest BCUT2D eigenvalue weighted by Gasteiger charge is -2.11. The molecule has 106 valence electrons. The van der Waals surface area contributed by atoms with Gasteiger partial charge >= 0.3 is 0 Å². The molecule has 1 N–H and O–H groups in total. The van der Waals surface area contributed by atoms with Gasteiger partial charge in [-0.3, -0.25) is 9.36 Å². The van der Waals surface area contributed by atoms with E-state index in [0.717, 1.165) is 12.4 Å². The van der Waals surface area contributed by atoms with Gasteiger partial charge in [0.1, 0.15) is 11.6 Å². The Kier molecular flexibility index (Phi) is 4.98. The average Bonchev–Trinajstić information content (AvgIpc) is 2.43. The molecule has 20 heavy (non-hydrogen) atoms. The predicted molar refractivity (Wildman–Crippen MR) is 88.5 cm³/mol. The Labute approximate surface area is 135 Å². The van der Waals surface area contributed by atoms with E-state index in [2.05, 4.69) is 15.3 Å². The van der Waals surface area contributed by atoms with Crippen LogP contribution in [0.25, 0.3) is 0 Å². The third-order valence-electron chi connectivity index (χ3n) is 2.79. The highest BCUT2D eigenvalue weighted by Gasteiger charge is 2.10. The van der Waals surface area contributed by atoms with Crippen LogP contribution in [-0.2, 0) is 6.54 Å². The molecule has 0 aromatic carbocycles. The summed E-state index contributed by atoms with van der Waals surface area (Å²) in [6, 6.07) is 3.60. The van der Waals surface area contributed by atoms with Crippen molar-refractivity contribution in [3.63, 3.8) is 0 Å². The summed E-state index contributed by atoms with van der Waals surface area (Å²) in [7, 11) is 0. The zero-order valence-corrected chi connectivity index (χ0v) is 14.1. The summed E-state index contributed by atoms with van der Waals surface area (Å²) in [5.74, 6) is 1.39. The molecule has 7 heteroatoms. The van der Waals surface area contributed by atoms with Crippen LogP contribution < -0.4 is 10.9 Å². The lowest BCUT2D eigenvalue weighted by molar-refractivity contribution is 0.682. The first kappa shape index (κ1) is 15.2. The molecule has 0 unspecified atom stereocenters. The molecule has 2 aromatic rings. The maximum absolute atomic E-state index is 12.1. The minimum Gasteiger partial charge on any atom is -0.370 e. The van der Waals surface area contributed by atoms with Crippen molar-refractivity contribution in [1.29, 1.82) is 0 Å². The Morgan fingerprint density at radius 2 is 2.20 bits per heavy atom. The lowest BCUT2D eigenvalue weighted by Crippen LogP contribution is -2.26. The minimum atomic E-state index is -0.0789. The van der Waals surface area contributed by atoms with E-state index in [1.807, 2.05) is 35.6 Å². The van der Waals surface area contributed by atoms with E-state index in [9.17, 15) is 4.79 Å². The van der Waals surface area contributed by atoms with Crippen LogP contribution >= 0.6 is 34.2 Å². The molecule has 2 heterocycles. The number of anilines is 1. The molecule has 0 amide bonds. The molecular weight excluding hydrogens is 391 g/mol. The second-order valence-electron chi connectivity index (χ2n) is 4.20. The Bertz CT molecular complexity index is 687. The standard InChI is InChI=1S/C13H14ClIN4O/c1-3-16-12-5-4-9(14)11(18-12)7-19-8(2)17-6-10(15)13(19)20/h4-6H,3,7H2,1-2H3,(H,16,18). The summed E-state index contributed by atoms with van der Waals surface area (Å²) in [4.78, 5) is 20.8. The molecule has 5 nitrogen and oxygen atoms in total.